The van der Waals surface area contributed by atoms with Crippen molar-refractivity contribution in [1.29, 1.82) is 0 Å². The predicted octanol–water partition coefficient (Wildman–Crippen LogP) is 1.01. The molecule has 2 N–H and O–H groups in total. The molecule has 2 amide bonds. The van der Waals surface area contributed by atoms with Gasteiger partial charge >= 0.3 is 5.97 Å². The Kier molecular flexibility index (Phi) is 4.86. The van der Waals surface area contributed by atoms with Crippen LogP contribution in [0, 0.1) is 11.8 Å². The molecule has 2 fully saturated rings. The largest absolute Gasteiger partial charge is 0.454 e. The first-order valence-electron chi connectivity index (χ1n) is 10.2. The van der Waals surface area contributed by atoms with Crippen LogP contribution in [0.25, 0.3) is 0 Å². The van der Waals surface area contributed by atoms with Crippen LogP contribution in [0.2, 0.25) is 0 Å². The van der Waals surface area contributed by atoms with E-state index in [0.29, 0.717) is 29.4 Å². The lowest BCUT2D eigenvalue weighted by Gasteiger charge is -2.46. The molecule has 0 aromatic heterocycles. The van der Waals surface area contributed by atoms with Crippen LogP contribution in [-0.2, 0) is 14.4 Å². The number of carbonyl (C=O) groups is 3. The summed E-state index contributed by atoms with van der Waals surface area (Å²) in [5, 5.41) is 12.9. The van der Waals surface area contributed by atoms with Crippen LogP contribution in [-0.4, -0.2) is 58.5 Å². The SMILES string of the molecule is C[C@@H](O)[C@H]1C(=O)N2C(C(=O)Oc3ccc4c(c3)OCO4)=C(S[C@H]3CNC(=O)C3)[C@H](C)[C@H]12. The minimum Gasteiger partial charge on any atom is -0.454 e. The van der Waals surface area contributed by atoms with Gasteiger partial charge in [-0.1, -0.05) is 6.92 Å². The average molecular weight is 446 g/mol. The summed E-state index contributed by atoms with van der Waals surface area (Å²) >= 11 is 1.43. The lowest BCUT2D eigenvalue weighted by Crippen LogP contribution is -2.63. The molecule has 0 bridgehead atoms. The minimum atomic E-state index is -0.818. The van der Waals surface area contributed by atoms with Gasteiger partial charge in [0.05, 0.1) is 18.1 Å². The van der Waals surface area contributed by atoms with Crippen molar-refractivity contribution in [2.24, 2.45) is 11.8 Å². The minimum absolute atomic E-state index is 0.0305. The number of esters is 1. The Morgan fingerprint density at radius 3 is 2.81 bits per heavy atom. The van der Waals surface area contributed by atoms with Crippen LogP contribution in [0.5, 0.6) is 17.2 Å². The zero-order valence-electron chi connectivity index (χ0n) is 17.0. The topological polar surface area (TPSA) is 114 Å². The molecule has 0 spiro atoms. The summed E-state index contributed by atoms with van der Waals surface area (Å²) in [6.07, 6.45) is -0.467. The fraction of sp³-hybridized carbons (Fsp3) is 0.476. The lowest BCUT2D eigenvalue weighted by molar-refractivity contribution is -0.162. The molecule has 164 valence electrons. The first kappa shape index (κ1) is 20.2. The first-order chi connectivity index (χ1) is 14.8. The monoisotopic (exact) mass is 446 g/mol. The summed E-state index contributed by atoms with van der Waals surface area (Å²) in [4.78, 5) is 39.8. The highest BCUT2D eigenvalue weighted by Gasteiger charge is 2.60. The van der Waals surface area contributed by atoms with Gasteiger partial charge in [-0.25, -0.2) is 4.79 Å². The van der Waals surface area contributed by atoms with Crippen LogP contribution < -0.4 is 19.5 Å². The summed E-state index contributed by atoms with van der Waals surface area (Å²) in [7, 11) is 0. The number of hydrogen-bond acceptors (Lipinski definition) is 8. The molecule has 2 saturated heterocycles. The molecule has 9 nitrogen and oxygen atoms in total. The second-order valence-corrected chi connectivity index (χ2v) is 9.46. The van der Waals surface area contributed by atoms with Crippen LogP contribution in [0.4, 0.5) is 0 Å². The van der Waals surface area contributed by atoms with Gasteiger partial charge in [0, 0.05) is 35.1 Å². The maximum Gasteiger partial charge on any atom is 0.361 e. The third kappa shape index (κ3) is 3.25. The smallest absolute Gasteiger partial charge is 0.361 e. The van der Waals surface area contributed by atoms with E-state index in [1.807, 2.05) is 6.92 Å². The Morgan fingerprint density at radius 2 is 2.10 bits per heavy atom. The van der Waals surface area contributed by atoms with Gasteiger partial charge in [-0.2, -0.15) is 0 Å². The van der Waals surface area contributed by atoms with E-state index in [9.17, 15) is 19.5 Å². The van der Waals surface area contributed by atoms with E-state index in [1.165, 1.54) is 16.7 Å². The van der Waals surface area contributed by atoms with Crippen molar-refractivity contribution in [2.75, 3.05) is 13.3 Å². The van der Waals surface area contributed by atoms with Crippen molar-refractivity contribution < 1.29 is 33.7 Å². The number of thioether (sulfide) groups is 1. The standard InChI is InChI=1S/C21H22N2O7S/c1-9-17-16(10(2)24)20(26)23(17)18(19(9)31-12-6-15(25)22-7-12)21(27)30-11-3-4-13-14(5-11)29-8-28-13/h3-5,9-10,12,16-17,24H,6-8H2,1-2H3,(H,22,25)/t9-,10-,12-,16-,17-/m1/s1. The number of aliphatic hydroxyl groups excluding tert-OH is 1. The maximum atomic E-state index is 13.2. The molecule has 10 heteroatoms. The molecule has 0 radical (unpaired) electrons. The number of carbonyl (C=O) groups excluding carboxylic acids is 3. The molecule has 1 aromatic rings. The second-order valence-electron chi connectivity index (χ2n) is 8.12. The highest BCUT2D eigenvalue weighted by atomic mass is 32.2. The number of benzene rings is 1. The van der Waals surface area contributed by atoms with Crippen molar-refractivity contribution in [3.05, 3.63) is 28.8 Å². The van der Waals surface area contributed by atoms with Crippen LogP contribution in [0.3, 0.4) is 0 Å². The van der Waals surface area contributed by atoms with Gasteiger partial charge in [0.25, 0.3) is 0 Å². The average Bonchev–Trinajstić information content (AvgIpc) is 3.40. The van der Waals surface area contributed by atoms with E-state index in [4.69, 9.17) is 14.2 Å². The molecule has 1 aromatic carbocycles. The number of aliphatic hydroxyl groups is 1. The van der Waals surface area contributed by atoms with E-state index in [1.54, 1.807) is 25.1 Å². The van der Waals surface area contributed by atoms with Gasteiger partial charge in [0.15, 0.2) is 11.5 Å². The van der Waals surface area contributed by atoms with Gasteiger partial charge in [-0.15, -0.1) is 11.8 Å². The Bertz CT molecular complexity index is 1010. The summed E-state index contributed by atoms with van der Waals surface area (Å²) in [6, 6.07) is 4.52. The third-order valence-corrected chi connectivity index (χ3v) is 7.58. The van der Waals surface area contributed by atoms with Crippen molar-refractivity contribution >= 4 is 29.5 Å². The molecule has 0 saturated carbocycles. The molecule has 5 rings (SSSR count). The number of nitrogens with zero attached hydrogens (tertiary/aromatic N) is 1. The zero-order valence-corrected chi connectivity index (χ0v) is 17.8. The zero-order chi connectivity index (χ0) is 21.9. The molecule has 31 heavy (non-hydrogen) atoms. The van der Waals surface area contributed by atoms with Crippen molar-refractivity contribution in [3.63, 3.8) is 0 Å². The fourth-order valence-corrected chi connectivity index (χ4v) is 6.01. The third-order valence-electron chi connectivity index (χ3n) is 6.09. The first-order valence-corrected chi connectivity index (χ1v) is 11.0. The molecule has 5 atom stereocenters. The highest BCUT2D eigenvalue weighted by molar-refractivity contribution is 8.03. The van der Waals surface area contributed by atoms with Crippen LogP contribution in [0.15, 0.2) is 28.8 Å². The normalized spacial score (nSPS) is 29.6. The van der Waals surface area contributed by atoms with E-state index >= 15 is 0 Å². The fourth-order valence-electron chi connectivity index (χ4n) is 4.61. The summed E-state index contributed by atoms with van der Waals surface area (Å²) in [5.74, 6) is -0.361. The van der Waals surface area contributed by atoms with Gasteiger partial charge in [-0.05, 0) is 19.1 Å². The summed E-state index contributed by atoms with van der Waals surface area (Å²) < 4.78 is 16.2. The summed E-state index contributed by atoms with van der Waals surface area (Å²) in [6.45, 7) is 4.13. The molecule has 4 aliphatic heterocycles. The maximum absolute atomic E-state index is 13.2. The number of nitrogens with one attached hydrogen (secondary N) is 1. The Labute approximate surface area is 182 Å². The quantitative estimate of drug-likeness (QED) is 0.391. The molecule has 0 unspecified atom stereocenters. The van der Waals surface area contributed by atoms with E-state index in [2.05, 4.69) is 5.32 Å². The molecular formula is C21H22N2O7S. The lowest BCUT2D eigenvalue weighted by atomic mass is 9.79. The number of hydrogen-bond donors (Lipinski definition) is 2. The van der Waals surface area contributed by atoms with Gasteiger partial charge in [0.2, 0.25) is 18.6 Å². The molecule has 0 aliphatic carbocycles. The number of amides is 2. The number of fused-ring (bicyclic) bond motifs is 2. The number of β-lactam (4-membered cyclic amide) rings is 1. The second kappa shape index (κ2) is 7.45. The molecular weight excluding hydrogens is 424 g/mol. The number of rotatable bonds is 5. The van der Waals surface area contributed by atoms with E-state index in [-0.39, 0.29) is 47.3 Å². The Morgan fingerprint density at radius 1 is 1.32 bits per heavy atom. The van der Waals surface area contributed by atoms with Gasteiger partial charge < -0.3 is 29.5 Å². The van der Waals surface area contributed by atoms with Gasteiger partial charge in [0.1, 0.15) is 11.4 Å². The van der Waals surface area contributed by atoms with Crippen molar-refractivity contribution in [1.82, 2.24) is 10.2 Å². The number of ether oxygens (including phenoxy) is 3. The van der Waals surface area contributed by atoms with Crippen molar-refractivity contribution in [3.8, 4) is 17.2 Å². The van der Waals surface area contributed by atoms with E-state index < -0.39 is 18.0 Å². The molecule has 4 aliphatic rings. The van der Waals surface area contributed by atoms with Crippen LogP contribution in [0.1, 0.15) is 20.3 Å². The highest BCUT2D eigenvalue weighted by Crippen LogP contribution is 2.52. The Hall–Kier alpha value is -2.72. The predicted molar refractivity (Wildman–Crippen MR) is 109 cm³/mol. The molecule has 4 heterocycles. The summed E-state index contributed by atoms with van der Waals surface area (Å²) in [5.41, 5.74) is 0.196. The van der Waals surface area contributed by atoms with Crippen molar-refractivity contribution in [2.45, 2.75) is 37.7 Å². The van der Waals surface area contributed by atoms with Gasteiger partial charge in [-0.3, -0.25) is 9.59 Å². The van der Waals surface area contributed by atoms with E-state index in [0.717, 1.165) is 0 Å². The Balaban J connectivity index is 1.44. The van der Waals surface area contributed by atoms with Crippen LogP contribution >= 0.6 is 11.8 Å².